The molecular formula is C14H15FN2O3. The third-order valence-electron chi connectivity index (χ3n) is 2.96. The molecule has 0 spiro atoms. The number of hydrogen-bond acceptors (Lipinski definition) is 3. The van der Waals surface area contributed by atoms with Gasteiger partial charge in [-0.2, -0.15) is 0 Å². The standard InChI is InChI=1S/C14H15FN2O3/c1-8(2)16-11(18)6-7-17-13(19)9-4-3-5-10(15)12(9)14(17)20/h3-5,8H,6-7H2,1-2H3,(H,16,18). The lowest BCUT2D eigenvalue weighted by molar-refractivity contribution is -0.121. The predicted octanol–water partition coefficient (Wildman–Crippen LogP) is 1.34. The Morgan fingerprint density at radius 3 is 2.60 bits per heavy atom. The summed E-state index contributed by atoms with van der Waals surface area (Å²) in [5.74, 6) is -2.20. The molecule has 0 fully saturated rings. The van der Waals surface area contributed by atoms with Crippen molar-refractivity contribution in [2.75, 3.05) is 6.54 Å². The fourth-order valence-electron chi connectivity index (χ4n) is 2.10. The third kappa shape index (κ3) is 2.54. The molecule has 1 aromatic rings. The van der Waals surface area contributed by atoms with E-state index in [0.29, 0.717) is 0 Å². The molecule has 0 saturated heterocycles. The average Bonchev–Trinajstić information content (AvgIpc) is 2.60. The van der Waals surface area contributed by atoms with Gasteiger partial charge in [-0.1, -0.05) is 6.07 Å². The number of hydrogen-bond donors (Lipinski definition) is 1. The summed E-state index contributed by atoms with van der Waals surface area (Å²) in [6.45, 7) is 3.58. The first-order valence-electron chi connectivity index (χ1n) is 6.36. The van der Waals surface area contributed by atoms with E-state index in [9.17, 15) is 18.8 Å². The smallest absolute Gasteiger partial charge is 0.264 e. The van der Waals surface area contributed by atoms with Gasteiger partial charge < -0.3 is 5.32 Å². The molecule has 0 atom stereocenters. The summed E-state index contributed by atoms with van der Waals surface area (Å²) < 4.78 is 13.6. The molecule has 6 heteroatoms. The highest BCUT2D eigenvalue weighted by molar-refractivity contribution is 6.21. The number of nitrogens with one attached hydrogen (secondary N) is 1. The highest BCUT2D eigenvalue weighted by atomic mass is 19.1. The number of benzene rings is 1. The molecule has 0 bridgehead atoms. The van der Waals surface area contributed by atoms with Gasteiger partial charge in [0.25, 0.3) is 11.8 Å². The average molecular weight is 278 g/mol. The van der Waals surface area contributed by atoms with Gasteiger partial charge in [0.1, 0.15) is 5.82 Å². The number of imide groups is 1. The number of fused-ring (bicyclic) bond motifs is 1. The monoisotopic (exact) mass is 278 g/mol. The molecule has 0 radical (unpaired) electrons. The SMILES string of the molecule is CC(C)NC(=O)CCN1C(=O)c2cccc(F)c2C1=O. The number of nitrogens with zero attached hydrogens (tertiary/aromatic N) is 1. The van der Waals surface area contributed by atoms with Gasteiger partial charge >= 0.3 is 0 Å². The van der Waals surface area contributed by atoms with E-state index in [1.54, 1.807) is 0 Å². The first kappa shape index (κ1) is 14.2. The summed E-state index contributed by atoms with van der Waals surface area (Å²) in [6, 6.07) is 3.92. The van der Waals surface area contributed by atoms with Crippen LogP contribution in [0.3, 0.4) is 0 Å². The fraction of sp³-hybridized carbons (Fsp3) is 0.357. The lowest BCUT2D eigenvalue weighted by Crippen LogP contribution is -2.36. The van der Waals surface area contributed by atoms with E-state index >= 15 is 0 Å². The number of halogens is 1. The summed E-state index contributed by atoms with van der Waals surface area (Å²) in [7, 11) is 0. The van der Waals surface area contributed by atoms with Gasteiger partial charge in [0.2, 0.25) is 5.91 Å². The molecule has 0 aromatic heterocycles. The van der Waals surface area contributed by atoms with Crippen LogP contribution in [0.4, 0.5) is 4.39 Å². The van der Waals surface area contributed by atoms with Crippen LogP contribution in [-0.4, -0.2) is 35.2 Å². The molecule has 106 valence electrons. The van der Waals surface area contributed by atoms with Gasteiger partial charge in [-0.15, -0.1) is 0 Å². The van der Waals surface area contributed by atoms with E-state index in [1.165, 1.54) is 12.1 Å². The van der Waals surface area contributed by atoms with Crippen LogP contribution < -0.4 is 5.32 Å². The maximum atomic E-state index is 13.6. The third-order valence-corrected chi connectivity index (χ3v) is 2.96. The molecule has 0 unspecified atom stereocenters. The van der Waals surface area contributed by atoms with Crippen molar-refractivity contribution >= 4 is 17.7 Å². The van der Waals surface area contributed by atoms with E-state index in [0.717, 1.165) is 11.0 Å². The second-order valence-electron chi connectivity index (χ2n) is 4.90. The molecule has 1 aromatic carbocycles. The fourth-order valence-corrected chi connectivity index (χ4v) is 2.10. The van der Waals surface area contributed by atoms with Crippen LogP contribution in [0.2, 0.25) is 0 Å². The van der Waals surface area contributed by atoms with Gasteiger partial charge in [0.15, 0.2) is 0 Å². The first-order chi connectivity index (χ1) is 9.41. The van der Waals surface area contributed by atoms with Crippen LogP contribution >= 0.6 is 0 Å². The van der Waals surface area contributed by atoms with Gasteiger partial charge in [-0.25, -0.2) is 4.39 Å². The van der Waals surface area contributed by atoms with Crippen LogP contribution in [0.15, 0.2) is 18.2 Å². The van der Waals surface area contributed by atoms with Crippen LogP contribution in [-0.2, 0) is 4.79 Å². The van der Waals surface area contributed by atoms with Crippen LogP contribution in [0.25, 0.3) is 0 Å². The molecule has 1 N–H and O–H groups in total. The van der Waals surface area contributed by atoms with Gasteiger partial charge in [-0.05, 0) is 26.0 Å². The second kappa shape index (κ2) is 5.40. The molecule has 20 heavy (non-hydrogen) atoms. The van der Waals surface area contributed by atoms with Crippen molar-refractivity contribution in [2.24, 2.45) is 0 Å². The molecule has 5 nitrogen and oxygen atoms in total. The topological polar surface area (TPSA) is 66.5 Å². The molecule has 1 aliphatic heterocycles. The summed E-state index contributed by atoms with van der Waals surface area (Å²) in [6.07, 6.45) is 0.00523. The number of amides is 3. The Kier molecular flexibility index (Phi) is 3.83. The van der Waals surface area contributed by atoms with Crippen molar-refractivity contribution < 1.29 is 18.8 Å². The van der Waals surface area contributed by atoms with Gasteiger partial charge in [0.05, 0.1) is 11.1 Å². The second-order valence-corrected chi connectivity index (χ2v) is 4.90. The van der Waals surface area contributed by atoms with E-state index in [4.69, 9.17) is 0 Å². The molecule has 0 saturated carbocycles. The van der Waals surface area contributed by atoms with Crippen molar-refractivity contribution in [3.05, 3.63) is 35.1 Å². The van der Waals surface area contributed by atoms with Crippen molar-refractivity contribution in [1.29, 1.82) is 0 Å². The number of carbonyl (C=O) groups excluding carboxylic acids is 3. The highest BCUT2D eigenvalue weighted by Crippen LogP contribution is 2.25. The van der Waals surface area contributed by atoms with Crippen molar-refractivity contribution in [3.8, 4) is 0 Å². The van der Waals surface area contributed by atoms with Crippen molar-refractivity contribution in [3.63, 3.8) is 0 Å². The minimum Gasteiger partial charge on any atom is -0.354 e. The van der Waals surface area contributed by atoms with E-state index in [-0.39, 0.29) is 36.0 Å². The maximum absolute atomic E-state index is 13.6. The Bertz CT molecular complexity index is 584. The molecule has 1 heterocycles. The zero-order valence-corrected chi connectivity index (χ0v) is 11.3. The van der Waals surface area contributed by atoms with E-state index in [1.807, 2.05) is 13.8 Å². The largest absolute Gasteiger partial charge is 0.354 e. The Hall–Kier alpha value is -2.24. The molecule has 1 aliphatic rings. The maximum Gasteiger partial charge on any atom is 0.264 e. The summed E-state index contributed by atoms with van der Waals surface area (Å²) in [4.78, 5) is 36.4. The number of carbonyl (C=O) groups is 3. The van der Waals surface area contributed by atoms with Crippen molar-refractivity contribution in [2.45, 2.75) is 26.3 Å². The minimum atomic E-state index is -0.713. The van der Waals surface area contributed by atoms with Gasteiger partial charge in [0, 0.05) is 19.0 Å². The quantitative estimate of drug-likeness (QED) is 0.845. The Balaban J connectivity index is 2.10. The van der Waals surface area contributed by atoms with E-state index in [2.05, 4.69) is 5.32 Å². The predicted molar refractivity (Wildman–Crippen MR) is 69.7 cm³/mol. The summed E-state index contributed by atoms with van der Waals surface area (Å²) in [5, 5.41) is 2.67. The Morgan fingerprint density at radius 2 is 2.00 bits per heavy atom. The normalized spacial score (nSPS) is 13.9. The van der Waals surface area contributed by atoms with Crippen LogP contribution in [0, 0.1) is 5.82 Å². The Morgan fingerprint density at radius 1 is 1.30 bits per heavy atom. The zero-order chi connectivity index (χ0) is 14.9. The van der Waals surface area contributed by atoms with Crippen LogP contribution in [0.1, 0.15) is 41.0 Å². The number of rotatable bonds is 4. The summed E-state index contributed by atoms with van der Waals surface area (Å²) in [5.41, 5.74) is -0.152. The highest BCUT2D eigenvalue weighted by Gasteiger charge is 2.37. The van der Waals surface area contributed by atoms with Crippen LogP contribution in [0.5, 0.6) is 0 Å². The molecule has 2 rings (SSSR count). The van der Waals surface area contributed by atoms with Gasteiger partial charge in [-0.3, -0.25) is 19.3 Å². The minimum absolute atomic E-state index is 0.00523. The van der Waals surface area contributed by atoms with Crippen molar-refractivity contribution in [1.82, 2.24) is 10.2 Å². The van der Waals surface area contributed by atoms with E-state index < -0.39 is 17.6 Å². The Labute approximate surface area is 115 Å². The lowest BCUT2D eigenvalue weighted by Gasteiger charge is -2.14. The molecule has 3 amide bonds. The lowest BCUT2D eigenvalue weighted by atomic mass is 10.1. The summed E-state index contributed by atoms with van der Waals surface area (Å²) >= 11 is 0. The molecule has 0 aliphatic carbocycles. The zero-order valence-electron chi connectivity index (χ0n) is 11.3. The molecular weight excluding hydrogens is 263 g/mol. The first-order valence-corrected chi connectivity index (χ1v) is 6.36.